The Labute approximate surface area is 127 Å². The number of aryl methyl sites for hydroxylation is 1. The van der Waals surface area contributed by atoms with Crippen LogP contribution < -0.4 is 10.1 Å². The molecule has 2 heteroatoms. The molecule has 2 aromatic rings. The Bertz CT molecular complexity index is 594. The van der Waals surface area contributed by atoms with Gasteiger partial charge in [-0.3, -0.25) is 0 Å². The lowest BCUT2D eigenvalue weighted by Gasteiger charge is -2.21. The van der Waals surface area contributed by atoms with Crippen LogP contribution in [0.15, 0.2) is 48.5 Å². The van der Waals surface area contributed by atoms with Gasteiger partial charge in [0.25, 0.3) is 0 Å². The van der Waals surface area contributed by atoms with E-state index in [9.17, 15) is 0 Å². The minimum absolute atomic E-state index is 0.292. The highest BCUT2D eigenvalue weighted by molar-refractivity contribution is 5.40. The van der Waals surface area contributed by atoms with E-state index in [0.29, 0.717) is 12.0 Å². The van der Waals surface area contributed by atoms with E-state index in [1.54, 1.807) is 0 Å². The summed E-state index contributed by atoms with van der Waals surface area (Å²) in [6.45, 7) is 3.13. The number of likely N-dealkylation sites (N-methyl/N-ethyl adjacent to an activating group) is 1. The molecule has 21 heavy (non-hydrogen) atoms. The molecule has 2 unspecified atom stereocenters. The number of hydrogen-bond donors (Lipinski definition) is 1. The van der Waals surface area contributed by atoms with Crippen molar-refractivity contribution in [3.05, 3.63) is 65.2 Å². The number of ether oxygens (including phenoxy) is 1. The maximum Gasteiger partial charge on any atom is 0.123 e. The quantitative estimate of drug-likeness (QED) is 0.902. The summed E-state index contributed by atoms with van der Waals surface area (Å²) >= 11 is 0. The van der Waals surface area contributed by atoms with Crippen molar-refractivity contribution in [2.75, 3.05) is 13.6 Å². The van der Waals surface area contributed by atoms with E-state index in [1.165, 1.54) is 16.7 Å². The molecule has 110 valence electrons. The van der Waals surface area contributed by atoms with Crippen molar-refractivity contribution in [2.45, 2.75) is 31.8 Å². The van der Waals surface area contributed by atoms with Crippen LogP contribution in [0.2, 0.25) is 0 Å². The van der Waals surface area contributed by atoms with Crippen LogP contribution in [0.5, 0.6) is 5.75 Å². The first-order chi connectivity index (χ1) is 10.3. The zero-order chi connectivity index (χ0) is 14.7. The molecule has 0 spiro atoms. The van der Waals surface area contributed by atoms with Gasteiger partial charge >= 0.3 is 0 Å². The second-order valence-corrected chi connectivity index (χ2v) is 5.96. The second kappa shape index (κ2) is 6.31. The summed E-state index contributed by atoms with van der Waals surface area (Å²) in [4.78, 5) is 0. The summed E-state index contributed by atoms with van der Waals surface area (Å²) in [6.07, 6.45) is 2.38. The van der Waals surface area contributed by atoms with Crippen molar-refractivity contribution < 1.29 is 4.74 Å². The summed E-state index contributed by atoms with van der Waals surface area (Å²) in [5.41, 5.74) is 4.06. The number of rotatable bonds is 5. The molecule has 0 aliphatic carbocycles. The van der Waals surface area contributed by atoms with Gasteiger partial charge in [-0.05, 0) is 43.5 Å². The van der Waals surface area contributed by atoms with Gasteiger partial charge in [-0.1, -0.05) is 48.0 Å². The molecule has 1 aliphatic rings. The fraction of sp³-hybridized carbons (Fsp3) is 0.368. The third kappa shape index (κ3) is 3.27. The molecular weight excluding hydrogens is 258 g/mol. The van der Waals surface area contributed by atoms with E-state index < -0.39 is 0 Å². The molecule has 0 bridgehead atoms. The van der Waals surface area contributed by atoms with E-state index >= 15 is 0 Å². The van der Waals surface area contributed by atoms with Gasteiger partial charge in [0, 0.05) is 13.0 Å². The summed E-state index contributed by atoms with van der Waals surface area (Å²) in [6, 6.07) is 17.2. The summed E-state index contributed by atoms with van der Waals surface area (Å²) in [5.74, 6) is 1.57. The van der Waals surface area contributed by atoms with Crippen LogP contribution in [0.25, 0.3) is 0 Å². The van der Waals surface area contributed by atoms with E-state index in [0.717, 1.165) is 25.1 Å². The van der Waals surface area contributed by atoms with Gasteiger partial charge in [-0.25, -0.2) is 0 Å². The number of fused-ring (bicyclic) bond motifs is 1. The predicted molar refractivity (Wildman–Crippen MR) is 87.0 cm³/mol. The van der Waals surface area contributed by atoms with Crippen molar-refractivity contribution in [2.24, 2.45) is 0 Å². The summed E-state index contributed by atoms with van der Waals surface area (Å²) < 4.78 is 6.13. The first-order valence-electron chi connectivity index (χ1n) is 7.72. The topological polar surface area (TPSA) is 21.3 Å². The number of hydrogen-bond acceptors (Lipinski definition) is 2. The molecule has 0 saturated carbocycles. The van der Waals surface area contributed by atoms with Crippen molar-refractivity contribution in [3.8, 4) is 5.75 Å². The van der Waals surface area contributed by atoms with Crippen LogP contribution in [0, 0.1) is 6.92 Å². The smallest absolute Gasteiger partial charge is 0.123 e. The lowest BCUT2D eigenvalue weighted by atomic mass is 9.91. The molecular formula is C19H23NO. The maximum absolute atomic E-state index is 6.13. The normalized spacial score (nSPS) is 18.1. The number of nitrogens with one attached hydrogen (secondary N) is 1. The van der Waals surface area contributed by atoms with Crippen molar-refractivity contribution in [1.82, 2.24) is 5.32 Å². The zero-order valence-corrected chi connectivity index (χ0v) is 12.8. The standard InChI is InChI=1S/C19H23NO/c1-14-8-9-19-16(10-14)11-18(21-19)12-17(13-20-2)15-6-4-3-5-7-15/h3-10,17-18,20H,11-13H2,1-2H3. The Morgan fingerprint density at radius 3 is 2.76 bits per heavy atom. The average molecular weight is 281 g/mol. The maximum atomic E-state index is 6.13. The molecule has 2 nitrogen and oxygen atoms in total. The van der Waals surface area contributed by atoms with Gasteiger partial charge in [0.05, 0.1) is 0 Å². The minimum Gasteiger partial charge on any atom is -0.490 e. The molecule has 0 amide bonds. The lowest BCUT2D eigenvalue weighted by Crippen LogP contribution is -2.24. The average Bonchev–Trinajstić information content (AvgIpc) is 2.89. The van der Waals surface area contributed by atoms with Gasteiger partial charge in [-0.2, -0.15) is 0 Å². The highest BCUT2D eigenvalue weighted by Gasteiger charge is 2.26. The van der Waals surface area contributed by atoms with Gasteiger partial charge in [0.2, 0.25) is 0 Å². The van der Waals surface area contributed by atoms with Crippen LogP contribution in [0.3, 0.4) is 0 Å². The van der Waals surface area contributed by atoms with Gasteiger partial charge in [-0.15, -0.1) is 0 Å². The Kier molecular flexibility index (Phi) is 4.26. The first kappa shape index (κ1) is 14.2. The van der Waals surface area contributed by atoms with Crippen molar-refractivity contribution in [3.63, 3.8) is 0 Å². The van der Waals surface area contributed by atoms with Crippen LogP contribution in [0.4, 0.5) is 0 Å². The third-order valence-electron chi connectivity index (χ3n) is 4.23. The van der Waals surface area contributed by atoms with Crippen molar-refractivity contribution >= 4 is 0 Å². The van der Waals surface area contributed by atoms with Gasteiger partial charge < -0.3 is 10.1 Å². The predicted octanol–water partition coefficient (Wildman–Crippen LogP) is 3.69. The zero-order valence-electron chi connectivity index (χ0n) is 12.8. The third-order valence-corrected chi connectivity index (χ3v) is 4.23. The summed E-state index contributed by atoms with van der Waals surface area (Å²) in [7, 11) is 2.02. The Hall–Kier alpha value is -1.80. The Morgan fingerprint density at radius 1 is 1.19 bits per heavy atom. The molecule has 1 heterocycles. The van der Waals surface area contributed by atoms with Gasteiger partial charge in [0.15, 0.2) is 0 Å². The van der Waals surface area contributed by atoms with Gasteiger partial charge in [0.1, 0.15) is 11.9 Å². The number of benzene rings is 2. The largest absolute Gasteiger partial charge is 0.490 e. The molecule has 0 aromatic heterocycles. The lowest BCUT2D eigenvalue weighted by molar-refractivity contribution is 0.209. The molecule has 1 aliphatic heterocycles. The second-order valence-electron chi connectivity index (χ2n) is 5.96. The molecule has 0 fully saturated rings. The fourth-order valence-corrected chi connectivity index (χ4v) is 3.21. The molecule has 2 aromatic carbocycles. The molecule has 2 atom stereocenters. The van der Waals surface area contributed by atoms with Crippen LogP contribution in [-0.4, -0.2) is 19.7 Å². The van der Waals surface area contributed by atoms with E-state index in [1.807, 2.05) is 7.05 Å². The van der Waals surface area contributed by atoms with E-state index in [-0.39, 0.29) is 0 Å². The monoisotopic (exact) mass is 281 g/mol. The van der Waals surface area contributed by atoms with E-state index in [2.05, 4.69) is 60.8 Å². The molecule has 1 N–H and O–H groups in total. The van der Waals surface area contributed by atoms with Crippen LogP contribution in [-0.2, 0) is 6.42 Å². The van der Waals surface area contributed by atoms with Crippen LogP contribution >= 0.6 is 0 Å². The van der Waals surface area contributed by atoms with Crippen molar-refractivity contribution in [1.29, 1.82) is 0 Å². The fourth-order valence-electron chi connectivity index (χ4n) is 3.21. The minimum atomic E-state index is 0.292. The highest BCUT2D eigenvalue weighted by atomic mass is 16.5. The molecule has 3 rings (SSSR count). The molecule has 0 radical (unpaired) electrons. The Morgan fingerprint density at radius 2 is 2.00 bits per heavy atom. The molecule has 0 saturated heterocycles. The SMILES string of the molecule is CNCC(CC1Cc2cc(C)ccc2O1)c1ccccc1. The summed E-state index contributed by atoms with van der Waals surface area (Å²) in [5, 5.41) is 3.31. The highest BCUT2D eigenvalue weighted by Crippen LogP contribution is 2.33. The van der Waals surface area contributed by atoms with Crippen LogP contribution in [0.1, 0.15) is 29.0 Å². The van der Waals surface area contributed by atoms with E-state index in [4.69, 9.17) is 4.74 Å². The first-order valence-corrected chi connectivity index (χ1v) is 7.72. The Balaban J connectivity index is 1.71.